The van der Waals surface area contributed by atoms with E-state index in [1.807, 2.05) is 0 Å². The van der Waals surface area contributed by atoms with Gasteiger partial charge in [0.25, 0.3) is 0 Å². The average molecular weight is 274 g/mol. The molecule has 2 heteroatoms. The Kier molecular flexibility index (Phi) is 4.87. The van der Waals surface area contributed by atoms with Gasteiger partial charge in [-0.05, 0) is 47.9 Å². The fourth-order valence-electron chi connectivity index (χ4n) is 3.03. The molecule has 0 saturated carbocycles. The zero-order chi connectivity index (χ0) is 14.8. The minimum absolute atomic E-state index is 0.440. The van der Waals surface area contributed by atoms with Crippen molar-refractivity contribution in [1.29, 1.82) is 0 Å². The minimum atomic E-state index is 0.440. The van der Waals surface area contributed by atoms with Crippen molar-refractivity contribution >= 4 is 0 Å². The Morgan fingerprint density at radius 2 is 1.90 bits per heavy atom. The van der Waals surface area contributed by atoms with Crippen molar-refractivity contribution in [3.8, 4) is 0 Å². The van der Waals surface area contributed by atoms with Gasteiger partial charge < -0.3 is 5.73 Å². The Hall–Kier alpha value is -0.860. The van der Waals surface area contributed by atoms with Gasteiger partial charge in [-0.3, -0.25) is 4.90 Å². The van der Waals surface area contributed by atoms with E-state index in [1.165, 1.54) is 30.6 Å². The fourth-order valence-corrected chi connectivity index (χ4v) is 3.03. The summed E-state index contributed by atoms with van der Waals surface area (Å²) in [5.74, 6) is 1.29. The predicted octanol–water partition coefficient (Wildman–Crippen LogP) is 3.62. The Morgan fingerprint density at radius 1 is 1.25 bits per heavy atom. The lowest BCUT2D eigenvalue weighted by atomic mass is 9.80. The molecule has 0 spiro atoms. The summed E-state index contributed by atoms with van der Waals surface area (Å²) in [5.41, 5.74) is 8.94. The van der Waals surface area contributed by atoms with Gasteiger partial charge in [0.1, 0.15) is 0 Å². The van der Waals surface area contributed by atoms with Crippen LogP contribution in [-0.2, 0) is 6.54 Å². The highest BCUT2D eigenvalue weighted by Gasteiger charge is 2.31. The van der Waals surface area contributed by atoms with E-state index >= 15 is 0 Å². The highest BCUT2D eigenvalue weighted by atomic mass is 15.1. The Labute approximate surface area is 124 Å². The van der Waals surface area contributed by atoms with E-state index in [0.29, 0.717) is 11.3 Å². The van der Waals surface area contributed by atoms with Crippen molar-refractivity contribution in [2.75, 3.05) is 19.6 Å². The van der Waals surface area contributed by atoms with Crippen LogP contribution in [-0.4, -0.2) is 24.5 Å². The summed E-state index contributed by atoms with van der Waals surface area (Å²) < 4.78 is 0. The van der Waals surface area contributed by atoms with Gasteiger partial charge in [-0.2, -0.15) is 0 Å². The molecule has 112 valence electrons. The van der Waals surface area contributed by atoms with E-state index in [9.17, 15) is 0 Å². The Bertz CT molecular complexity index is 416. The molecule has 1 aromatic carbocycles. The second kappa shape index (κ2) is 6.28. The number of nitrogens with two attached hydrogens (primary N) is 1. The predicted molar refractivity (Wildman–Crippen MR) is 86.8 cm³/mol. The molecule has 1 aliphatic heterocycles. The third-order valence-corrected chi connectivity index (χ3v) is 4.81. The Morgan fingerprint density at radius 3 is 2.40 bits per heavy atom. The smallest absolute Gasteiger partial charge is 0.0233 e. The summed E-state index contributed by atoms with van der Waals surface area (Å²) in [6.07, 6.45) is 1.34. The standard InChI is InChI=1S/C18H30N2/c1-14(11-19)16-7-5-15(6-8-16)12-20-10-9-17(13-20)18(2,3)4/h5-8,14,17H,9-13,19H2,1-4H3. The molecule has 0 radical (unpaired) electrons. The first-order valence-corrected chi connectivity index (χ1v) is 7.91. The quantitative estimate of drug-likeness (QED) is 0.908. The summed E-state index contributed by atoms with van der Waals surface area (Å²) >= 11 is 0. The molecule has 2 atom stereocenters. The molecule has 1 aliphatic rings. The lowest BCUT2D eigenvalue weighted by Crippen LogP contribution is -2.25. The van der Waals surface area contributed by atoms with E-state index < -0.39 is 0 Å². The van der Waals surface area contributed by atoms with Crippen LogP contribution in [0.25, 0.3) is 0 Å². The average Bonchev–Trinajstić information content (AvgIpc) is 2.87. The van der Waals surface area contributed by atoms with Crippen LogP contribution < -0.4 is 5.73 Å². The SMILES string of the molecule is CC(CN)c1ccc(CN2CCC(C(C)(C)C)C2)cc1. The molecule has 1 fully saturated rings. The van der Waals surface area contributed by atoms with Crippen LogP contribution in [0, 0.1) is 11.3 Å². The maximum atomic E-state index is 5.72. The molecular weight excluding hydrogens is 244 g/mol. The number of hydrogen-bond donors (Lipinski definition) is 1. The summed E-state index contributed by atoms with van der Waals surface area (Å²) in [4.78, 5) is 2.59. The van der Waals surface area contributed by atoms with Crippen molar-refractivity contribution in [3.63, 3.8) is 0 Å². The minimum Gasteiger partial charge on any atom is -0.330 e. The van der Waals surface area contributed by atoms with Gasteiger partial charge in [0.2, 0.25) is 0 Å². The molecule has 0 aliphatic carbocycles. The number of benzene rings is 1. The Balaban J connectivity index is 1.92. The lowest BCUT2D eigenvalue weighted by Gasteiger charge is -2.27. The molecule has 1 aromatic rings. The first-order valence-electron chi connectivity index (χ1n) is 7.91. The van der Waals surface area contributed by atoms with Gasteiger partial charge in [0.15, 0.2) is 0 Å². The molecule has 2 N–H and O–H groups in total. The van der Waals surface area contributed by atoms with Gasteiger partial charge in [-0.1, -0.05) is 52.0 Å². The first-order chi connectivity index (χ1) is 9.40. The van der Waals surface area contributed by atoms with Crippen LogP contribution in [0.5, 0.6) is 0 Å². The van der Waals surface area contributed by atoms with Crippen LogP contribution in [0.4, 0.5) is 0 Å². The fraction of sp³-hybridized carbons (Fsp3) is 0.667. The molecule has 2 rings (SSSR count). The van der Waals surface area contributed by atoms with Gasteiger partial charge in [0, 0.05) is 13.1 Å². The van der Waals surface area contributed by atoms with Crippen LogP contribution in [0.15, 0.2) is 24.3 Å². The van der Waals surface area contributed by atoms with Gasteiger partial charge in [0.05, 0.1) is 0 Å². The molecule has 0 bridgehead atoms. The maximum absolute atomic E-state index is 5.72. The van der Waals surface area contributed by atoms with Gasteiger partial charge >= 0.3 is 0 Å². The van der Waals surface area contributed by atoms with Gasteiger partial charge in [-0.25, -0.2) is 0 Å². The topological polar surface area (TPSA) is 29.3 Å². The van der Waals surface area contributed by atoms with Crippen molar-refractivity contribution in [1.82, 2.24) is 4.90 Å². The number of nitrogens with zero attached hydrogens (tertiary/aromatic N) is 1. The summed E-state index contributed by atoms with van der Waals surface area (Å²) in [7, 11) is 0. The van der Waals surface area contributed by atoms with Crippen molar-refractivity contribution in [2.45, 2.75) is 46.6 Å². The summed E-state index contributed by atoms with van der Waals surface area (Å²) in [5, 5.41) is 0. The largest absolute Gasteiger partial charge is 0.330 e. The van der Waals surface area contributed by atoms with E-state index in [0.717, 1.165) is 19.0 Å². The number of rotatable bonds is 4. The molecule has 2 nitrogen and oxygen atoms in total. The van der Waals surface area contributed by atoms with Crippen molar-refractivity contribution in [2.24, 2.45) is 17.1 Å². The van der Waals surface area contributed by atoms with Crippen LogP contribution in [0.2, 0.25) is 0 Å². The maximum Gasteiger partial charge on any atom is 0.0233 e. The summed E-state index contributed by atoms with van der Waals surface area (Å²) in [6, 6.07) is 9.02. The summed E-state index contributed by atoms with van der Waals surface area (Å²) in [6.45, 7) is 13.6. The zero-order valence-corrected chi connectivity index (χ0v) is 13.5. The van der Waals surface area contributed by atoms with E-state index in [-0.39, 0.29) is 0 Å². The molecule has 20 heavy (non-hydrogen) atoms. The lowest BCUT2D eigenvalue weighted by molar-refractivity contribution is 0.226. The second-order valence-electron chi connectivity index (χ2n) is 7.47. The second-order valence-corrected chi connectivity index (χ2v) is 7.47. The zero-order valence-electron chi connectivity index (χ0n) is 13.5. The normalized spacial score (nSPS) is 22.1. The molecule has 1 heterocycles. The van der Waals surface area contributed by atoms with Crippen molar-refractivity contribution in [3.05, 3.63) is 35.4 Å². The third-order valence-electron chi connectivity index (χ3n) is 4.81. The van der Waals surface area contributed by atoms with E-state index in [1.54, 1.807) is 0 Å². The van der Waals surface area contributed by atoms with Crippen molar-refractivity contribution < 1.29 is 0 Å². The van der Waals surface area contributed by atoms with Crippen LogP contribution in [0.1, 0.15) is 51.2 Å². The number of hydrogen-bond acceptors (Lipinski definition) is 2. The van der Waals surface area contributed by atoms with E-state index in [2.05, 4.69) is 56.9 Å². The molecular formula is C18H30N2. The molecule has 2 unspecified atom stereocenters. The highest BCUT2D eigenvalue weighted by Crippen LogP contribution is 2.34. The third kappa shape index (κ3) is 3.83. The molecule has 1 saturated heterocycles. The van der Waals surface area contributed by atoms with Crippen LogP contribution in [0.3, 0.4) is 0 Å². The molecule has 0 amide bonds. The van der Waals surface area contributed by atoms with E-state index in [4.69, 9.17) is 5.73 Å². The van der Waals surface area contributed by atoms with Gasteiger partial charge in [-0.15, -0.1) is 0 Å². The monoisotopic (exact) mass is 274 g/mol. The highest BCUT2D eigenvalue weighted by molar-refractivity contribution is 5.25. The van der Waals surface area contributed by atoms with Crippen LogP contribution >= 0.6 is 0 Å². The first kappa shape index (κ1) is 15.5. The number of likely N-dealkylation sites (tertiary alicyclic amines) is 1. The molecule has 0 aromatic heterocycles.